The van der Waals surface area contributed by atoms with Gasteiger partial charge in [-0.1, -0.05) is 12.8 Å². The molecule has 0 spiro atoms. The predicted octanol–water partition coefficient (Wildman–Crippen LogP) is 4.46. The highest BCUT2D eigenvalue weighted by atomic mass is 16.5. The molecule has 2 aromatic rings. The number of pyridine rings is 1. The summed E-state index contributed by atoms with van der Waals surface area (Å²) in [6.45, 7) is 2.34. The number of nitrogens with one attached hydrogen (secondary N) is 2. The molecule has 1 aliphatic heterocycles. The van der Waals surface area contributed by atoms with E-state index < -0.39 is 0 Å². The molecule has 2 aromatic heterocycles. The summed E-state index contributed by atoms with van der Waals surface area (Å²) in [6.07, 6.45) is 15.0. The van der Waals surface area contributed by atoms with Crippen LogP contribution in [0.3, 0.4) is 0 Å². The zero-order valence-corrected chi connectivity index (χ0v) is 20.2. The zero-order chi connectivity index (χ0) is 23.3. The summed E-state index contributed by atoms with van der Waals surface area (Å²) in [6, 6.07) is 4.86. The number of aromatic nitrogens is 3. The first-order valence-electron chi connectivity index (χ1n) is 13.0. The maximum Gasteiger partial charge on any atom is 0.229 e. The van der Waals surface area contributed by atoms with E-state index in [9.17, 15) is 5.11 Å². The van der Waals surface area contributed by atoms with Crippen LogP contribution in [0.2, 0.25) is 0 Å². The minimum absolute atomic E-state index is 0.165. The van der Waals surface area contributed by atoms with Crippen molar-refractivity contribution >= 4 is 17.5 Å². The van der Waals surface area contributed by atoms with Gasteiger partial charge < -0.3 is 25.4 Å². The third-order valence-electron chi connectivity index (χ3n) is 7.87. The molecule has 8 nitrogen and oxygen atoms in total. The van der Waals surface area contributed by atoms with Crippen molar-refractivity contribution in [2.45, 2.75) is 88.3 Å². The van der Waals surface area contributed by atoms with Crippen LogP contribution in [0.4, 0.5) is 17.5 Å². The van der Waals surface area contributed by atoms with Gasteiger partial charge in [0.05, 0.1) is 13.2 Å². The average molecular weight is 467 g/mol. The number of ether oxygens (including phenoxy) is 1. The summed E-state index contributed by atoms with van der Waals surface area (Å²) in [5, 5.41) is 17.0. The SMILES string of the molecule is COc1cc(Nc2ncc(C3CCN(C4CCCC4)CC3)c(NC3CCC(O)CC3)n2)ccn1. The van der Waals surface area contributed by atoms with Gasteiger partial charge in [0.2, 0.25) is 11.8 Å². The highest BCUT2D eigenvalue weighted by Crippen LogP contribution is 2.36. The molecule has 3 aliphatic rings. The van der Waals surface area contributed by atoms with Crippen LogP contribution < -0.4 is 15.4 Å². The molecule has 8 heteroatoms. The Labute approximate surface area is 202 Å². The number of likely N-dealkylation sites (tertiary alicyclic amines) is 1. The number of aliphatic hydroxyl groups is 1. The largest absolute Gasteiger partial charge is 0.481 e. The summed E-state index contributed by atoms with van der Waals surface area (Å²) in [7, 11) is 1.61. The second-order valence-electron chi connectivity index (χ2n) is 10.1. The Morgan fingerprint density at radius 3 is 2.50 bits per heavy atom. The second kappa shape index (κ2) is 10.9. The lowest BCUT2D eigenvalue weighted by Crippen LogP contribution is -2.39. The molecule has 1 saturated heterocycles. The molecular weight excluding hydrogens is 428 g/mol. The Kier molecular flexibility index (Phi) is 7.45. The number of anilines is 3. The van der Waals surface area contributed by atoms with Gasteiger partial charge in [0.25, 0.3) is 0 Å². The maximum absolute atomic E-state index is 9.93. The average Bonchev–Trinajstić information content (AvgIpc) is 3.41. The quantitative estimate of drug-likeness (QED) is 0.550. The summed E-state index contributed by atoms with van der Waals surface area (Å²) in [5.74, 6) is 2.54. The smallest absolute Gasteiger partial charge is 0.229 e. The molecule has 5 rings (SSSR count). The van der Waals surface area contributed by atoms with Gasteiger partial charge in [0.15, 0.2) is 0 Å². The number of nitrogens with zero attached hydrogens (tertiary/aromatic N) is 4. The van der Waals surface area contributed by atoms with E-state index in [0.717, 1.165) is 56.1 Å². The van der Waals surface area contributed by atoms with Crippen LogP contribution in [0.5, 0.6) is 5.88 Å². The van der Waals surface area contributed by atoms with Crippen LogP contribution in [0.15, 0.2) is 24.5 Å². The van der Waals surface area contributed by atoms with Crippen molar-refractivity contribution in [1.29, 1.82) is 0 Å². The van der Waals surface area contributed by atoms with Crippen molar-refractivity contribution in [3.05, 3.63) is 30.1 Å². The number of hydrogen-bond donors (Lipinski definition) is 3. The molecule has 3 fully saturated rings. The molecule has 184 valence electrons. The van der Waals surface area contributed by atoms with Gasteiger partial charge in [0.1, 0.15) is 5.82 Å². The lowest BCUT2D eigenvalue weighted by atomic mass is 9.88. The Hall–Kier alpha value is -2.45. The number of piperidine rings is 1. The fourth-order valence-corrected chi connectivity index (χ4v) is 5.85. The minimum atomic E-state index is -0.165. The Balaban J connectivity index is 1.33. The molecule has 0 radical (unpaired) electrons. The monoisotopic (exact) mass is 466 g/mol. The van der Waals surface area contributed by atoms with Crippen LogP contribution in [-0.4, -0.2) is 63.3 Å². The van der Waals surface area contributed by atoms with Crippen molar-refractivity contribution < 1.29 is 9.84 Å². The van der Waals surface area contributed by atoms with E-state index in [4.69, 9.17) is 9.72 Å². The van der Waals surface area contributed by atoms with Gasteiger partial charge in [-0.2, -0.15) is 4.98 Å². The standard InChI is InChI=1S/C26H38N6O2/c1-34-24-16-20(10-13-27-24)30-26-28-17-23(25(31-26)29-19-6-8-22(33)9-7-19)18-11-14-32(15-12-18)21-4-2-3-5-21/h10,13,16-19,21-22,33H,2-9,11-12,14-15H2,1H3,(H2,27,28,29,30,31). The maximum atomic E-state index is 9.93. The number of methoxy groups -OCH3 is 1. The van der Waals surface area contributed by atoms with Gasteiger partial charge in [-0.05, 0) is 76.4 Å². The first kappa shape index (κ1) is 23.3. The summed E-state index contributed by atoms with van der Waals surface area (Å²) < 4.78 is 5.24. The van der Waals surface area contributed by atoms with E-state index in [1.807, 2.05) is 18.3 Å². The molecule has 0 atom stereocenters. The summed E-state index contributed by atoms with van der Waals surface area (Å²) >= 11 is 0. The molecule has 34 heavy (non-hydrogen) atoms. The molecule has 3 heterocycles. The van der Waals surface area contributed by atoms with Gasteiger partial charge >= 0.3 is 0 Å². The first-order valence-corrected chi connectivity index (χ1v) is 13.0. The van der Waals surface area contributed by atoms with E-state index in [1.54, 1.807) is 13.3 Å². The van der Waals surface area contributed by atoms with Crippen molar-refractivity contribution in [1.82, 2.24) is 19.9 Å². The minimum Gasteiger partial charge on any atom is -0.481 e. The molecule has 2 saturated carbocycles. The van der Waals surface area contributed by atoms with Gasteiger partial charge in [-0.25, -0.2) is 9.97 Å². The molecule has 0 bridgehead atoms. The van der Waals surface area contributed by atoms with E-state index in [1.165, 1.54) is 44.3 Å². The van der Waals surface area contributed by atoms with Crippen LogP contribution in [0.25, 0.3) is 0 Å². The lowest BCUT2D eigenvalue weighted by molar-refractivity contribution is 0.126. The number of hydrogen-bond acceptors (Lipinski definition) is 8. The normalized spacial score (nSPS) is 24.8. The Morgan fingerprint density at radius 1 is 1.00 bits per heavy atom. The van der Waals surface area contributed by atoms with Crippen molar-refractivity contribution in [2.75, 3.05) is 30.8 Å². The van der Waals surface area contributed by atoms with Gasteiger partial charge in [-0.15, -0.1) is 0 Å². The zero-order valence-electron chi connectivity index (χ0n) is 20.2. The van der Waals surface area contributed by atoms with E-state index in [2.05, 4.69) is 25.5 Å². The lowest BCUT2D eigenvalue weighted by Gasteiger charge is -2.36. The van der Waals surface area contributed by atoms with E-state index >= 15 is 0 Å². The molecule has 2 aliphatic carbocycles. The summed E-state index contributed by atoms with van der Waals surface area (Å²) in [5.41, 5.74) is 2.08. The van der Waals surface area contributed by atoms with E-state index in [0.29, 0.717) is 23.8 Å². The van der Waals surface area contributed by atoms with Crippen molar-refractivity contribution in [2.24, 2.45) is 0 Å². The van der Waals surface area contributed by atoms with Crippen molar-refractivity contribution in [3.63, 3.8) is 0 Å². The molecule has 0 aromatic carbocycles. The number of aliphatic hydroxyl groups excluding tert-OH is 1. The highest BCUT2D eigenvalue weighted by Gasteiger charge is 2.30. The fraction of sp³-hybridized carbons (Fsp3) is 0.654. The third-order valence-corrected chi connectivity index (χ3v) is 7.87. The second-order valence-corrected chi connectivity index (χ2v) is 10.1. The molecule has 0 amide bonds. The highest BCUT2D eigenvalue weighted by molar-refractivity contribution is 5.57. The van der Waals surface area contributed by atoms with Crippen LogP contribution in [0, 0.1) is 0 Å². The van der Waals surface area contributed by atoms with Crippen LogP contribution in [0.1, 0.15) is 75.7 Å². The molecule has 3 N–H and O–H groups in total. The van der Waals surface area contributed by atoms with E-state index in [-0.39, 0.29) is 6.10 Å². The Morgan fingerprint density at radius 2 is 1.76 bits per heavy atom. The van der Waals surface area contributed by atoms with Crippen LogP contribution in [-0.2, 0) is 0 Å². The van der Waals surface area contributed by atoms with Gasteiger partial charge in [0, 0.05) is 41.8 Å². The van der Waals surface area contributed by atoms with Crippen LogP contribution >= 0.6 is 0 Å². The predicted molar refractivity (Wildman–Crippen MR) is 134 cm³/mol. The topological polar surface area (TPSA) is 95.4 Å². The third kappa shape index (κ3) is 5.61. The summed E-state index contributed by atoms with van der Waals surface area (Å²) in [4.78, 5) is 16.5. The fourth-order valence-electron chi connectivity index (χ4n) is 5.85. The Bertz CT molecular complexity index is 935. The molecular formula is C26H38N6O2. The van der Waals surface area contributed by atoms with Crippen molar-refractivity contribution in [3.8, 4) is 5.88 Å². The molecule has 0 unspecified atom stereocenters. The van der Waals surface area contributed by atoms with Gasteiger partial charge in [-0.3, -0.25) is 0 Å². The first-order chi connectivity index (χ1) is 16.7. The number of rotatable bonds is 7.